The first-order chi connectivity index (χ1) is 15.7. The molecule has 3 atom stereocenters. The van der Waals surface area contributed by atoms with Gasteiger partial charge in [0.25, 0.3) is 0 Å². The first kappa shape index (κ1) is 26.6. The van der Waals surface area contributed by atoms with Gasteiger partial charge in [-0.15, -0.1) is 0 Å². The number of aliphatic carboxylic acids is 2. The van der Waals surface area contributed by atoms with Gasteiger partial charge in [-0.2, -0.15) is 0 Å². The number of amides is 1. The van der Waals surface area contributed by atoms with Crippen molar-refractivity contribution in [3.05, 3.63) is 29.8 Å². The zero-order valence-electron chi connectivity index (χ0n) is 19.3. The highest BCUT2D eigenvalue weighted by Gasteiger charge is 2.45. The molecule has 9 heteroatoms. The minimum Gasteiger partial charge on any atom is -0.508 e. The van der Waals surface area contributed by atoms with Gasteiger partial charge in [-0.3, -0.25) is 9.59 Å². The third-order valence-corrected chi connectivity index (χ3v) is 6.31. The number of nitrogens with one attached hydrogen (secondary N) is 1. The summed E-state index contributed by atoms with van der Waals surface area (Å²) < 4.78 is 10.6. The molecule has 2 rings (SSSR count). The van der Waals surface area contributed by atoms with E-state index in [0.717, 1.165) is 12.8 Å². The average molecular weight is 466 g/mol. The number of carbonyl (C=O) groups is 3. The van der Waals surface area contributed by atoms with E-state index in [4.69, 9.17) is 9.47 Å². The lowest BCUT2D eigenvalue weighted by atomic mass is 9.75. The first-order valence-electron chi connectivity index (χ1n) is 11.3. The summed E-state index contributed by atoms with van der Waals surface area (Å²) in [5.41, 5.74) is -0.260. The van der Waals surface area contributed by atoms with Crippen LogP contribution in [0.15, 0.2) is 24.3 Å². The summed E-state index contributed by atoms with van der Waals surface area (Å²) in [5, 5.41) is 31.6. The molecule has 1 saturated carbocycles. The van der Waals surface area contributed by atoms with Gasteiger partial charge in [0.1, 0.15) is 11.8 Å². The molecule has 1 amide bonds. The summed E-state index contributed by atoms with van der Waals surface area (Å²) in [7, 11) is 1.56. The number of rotatable bonds is 14. The van der Waals surface area contributed by atoms with Gasteiger partial charge in [0.15, 0.2) is 0 Å². The molecule has 0 radical (unpaired) electrons. The van der Waals surface area contributed by atoms with Crippen LogP contribution in [0.25, 0.3) is 0 Å². The topological polar surface area (TPSA) is 142 Å². The molecule has 184 valence electrons. The highest BCUT2D eigenvalue weighted by Crippen LogP contribution is 2.44. The van der Waals surface area contributed by atoms with Gasteiger partial charge in [0.05, 0.1) is 30.7 Å². The predicted molar refractivity (Wildman–Crippen MR) is 120 cm³/mol. The first-order valence-corrected chi connectivity index (χ1v) is 11.3. The number of hydrogen-bond donors (Lipinski definition) is 4. The fraction of sp³-hybridized carbons (Fsp3) is 0.625. The van der Waals surface area contributed by atoms with Crippen LogP contribution in [-0.2, 0) is 30.3 Å². The van der Waals surface area contributed by atoms with Crippen molar-refractivity contribution in [2.24, 2.45) is 11.3 Å². The van der Waals surface area contributed by atoms with Crippen LogP contribution in [0.5, 0.6) is 5.75 Å². The lowest BCUT2D eigenvalue weighted by molar-refractivity contribution is -0.148. The number of phenolic OH excluding ortho intramolecular Hbond substituents is 1. The second kappa shape index (κ2) is 12.6. The molecule has 9 nitrogen and oxygen atoms in total. The van der Waals surface area contributed by atoms with E-state index >= 15 is 0 Å². The highest BCUT2D eigenvalue weighted by molar-refractivity contribution is 5.88. The summed E-state index contributed by atoms with van der Waals surface area (Å²) in [6.07, 6.45) is 2.75. The van der Waals surface area contributed by atoms with Gasteiger partial charge in [-0.1, -0.05) is 25.0 Å². The van der Waals surface area contributed by atoms with Gasteiger partial charge in [-0.05, 0) is 50.3 Å². The zero-order chi connectivity index (χ0) is 24.4. The molecule has 4 N–H and O–H groups in total. The Kier molecular flexibility index (Phi) is 10.1. The van der Waals surface area contributed by atoms with Crippen LogP contribution in [0, 0.1) is 11.3 Å². The molecule has 1 aliphatic rings. The standard InChI is InChI=1S/C24H35NO8/c1-16(33-12-11-32-2)13-18(21(27)28)15-24(9-3-4-10-24)23(31)25-20(22(29)30)14-17-5-7-19(26)8-6-17/h5-8,16,18,20,26H,3-4,9-15H2,1-2H3,(H,25,31)(H,27,28)(H,29,30)/t16?,18?,20-/m0/s1. The van der Waals surface area contributed by atoms with Gasteiger partial charge in [0, 0.05) is 13.5 Å². The number of ether oxygens (including phenoxy) is 2. The Hall–Kier alpha value is -2.65. The van der Waals surface area contributed by atoms with Crippen molar-refractivity contribution in [2.75, 3.05) is 20.3 Å². The summed E-state index contributed by atoms with van der Waals surface area (Å²) >= 11 is 0. The Labute approximate surface area is 194 Å². The summed E-state index contributed by atoms with van der Waals surface area (Å²) in [5.74, 6) is -3.29. The van der Waals surface area contributed by atoms with E-state index in [1.54, 1.807) is 26.2 Å². The lowest BCUT2D eigenvalue weighted by Gasteiger charge is -2.32. The third kappa shape index (κ3) is 8.01. The maximum absolute atomic E-state index is 13.3. The fourth-order valence-corrected chi connectivity index (χ4v) is 4.50. The Morgan fingerprint density at radius 2 is 1.70 bits per heavy atom. The van der Waals surface area contributed by atoms with Gasteiger partial charge >= 0.3 is 11.9 Å². The number of methoxy groups -OCH3 is 1. The Balaban J connectivity index is 2.10. The molecule has 0 aliphatic heterocycles. The number of hydrogen-bond acceptors (Lipinski definition) is 6. The van der Waals surface area contributed by atoms with Gasteiger partial charge in [-0.25, -0.2) is 4.79 Å². The van der Waals surface area contributed by atoms with E-state index < -0.39 is 35.2 Å². The summed E-state index contributed by atoms with van der Waals surface area (Å²) in [4.78, 5) is 37.2. The van der Waals surface area contributed by atoms with Crippen molar-refractivity contribution in [2.45, 2.75) is 64.0 Å². The number of carbonyl (C=O) groups excluding carboxylic acids is 1. The van der Waals surface area contributed by atoms with Crippen LogP contribution < -0.4 is 5.32 Å². The van der Waals surface area contributed by atoms with Crippen molar-refractivity contribution < 1.29 is 39.2 Å². The minimum atomic E-state index is -1.17. The summed E-state index contributed by atoms with van der Waals surface area (Å²) in [6.45, 7) is 2.56. The second-order valence-corrected chi connectivity index (χ2v) is 8.87. The smallest absolute Gasteiger partial charge is 0.326 e. The molecule has 1 aliphatic carbocycles. The molecular formula is C24H35NO8. The van der Waals surface area contributed by atoms with Crippen molar-refractivity contribution in [3.8, 4) is 5.75 Å². The molecule has 1 fully saturated rings. The van der Waals surface area contributed by atoms with E-state index in [9.17, 15) is 29.7 Å². The average Bonchev–Trinajstić information content (AvgIpc) is 3.24. The predicted octanol–water partition coefficient (Wildman–Crippen LogP) is 2.60. The van der Waals surface area contributed by atoms with Crippen LogP contribution in [0.1, 0.15) is 51.0 Å². The van der Waals surface area contributed by atoms with Gasteiger partial charge < -0.3 is 30.1 Å². The van der Waals surface area contributed by atoms with Crippen molar-refractivity contribution in [1.29, 1.82) is 0 Å². The summed E-state index contributed by atoms with van der Waals surface area (Å²) in [6, 6.07) is 4.98. The number of benzene rings is 1. The number of carboxylic acid groups (broad SMARTS) is 2. The number of phenols is 1. The monoisotopic (exact) mass is 465 g/mol. The lowest BCUT2D eigenvalue weighted by Crippen LogP contribution is -2.49. The molecule has 0 spiro atoms. The largest absolute Gasteiger partial charge is 0.508 e. The Morgan fingerprint density at radius 3 is 2.24 bits per heavy atom. The molecule has 1 aromatic rings. The molecule has 33 heavy (non-hydrogen) atoms. The van der Waals surface area contributed by atoms with Crippen LogP contribution in [-0.4, -0.2) is 65.6 Å². The van der Waals surface area contributed by atoms with E-state index in [-0.39, 0.29) is 31.1 Å². The molecule has 1 aromatic carbocycles. The molecule has 0 aromatic heterocycles. The zero-order valence-corrected chi connectivity index (χ0v) is 19.3. The van der Waals surface area contributed by atoms with Crippen LogP contribution in [0.2, 0.25) is 0 Å². The van der Waals surface area contributed by atoms with Crippen molar-refractivity contribution in [1.82, 2.24) is 5.32 Å². The quantitative estimate of drug-likeness (QED) is 0.307. The van der Waals surface area contributed by atoms with E-state index in [1.165, 1.54) is 12.1 Å². The van der Waals surface area contributed by atoms with Crippen LogP contribution >= 0.6 is 0 Å². The van der Waals surface area contributed by atoms with E-state index in [1.807, 2.05) is 0 Å². The SMILES string of the molecule is COCCOC(C)CC(CC1(C(=O)N[C@@H](Cc2ccc(O)cc2)C(=O)O)CCCC1)C(=O)O. The molecule has 0 heterocycles. The second-order valence-electron chi connectivity index (χ2n) is 8.87. The third-order valence-electron chi connectivity index (χ3n) is 6.31. The fourth-order valence-electron chi connectivity index (χ4n) is 4.50. The Bertz CT molecular complexity index is 788. The number of aromatic hydroxyl groups is 1. The maximum atomic E-state index is 13.3. The normalized spacial score (nSPS) is 17.8. The maximum Gasteiger partial charge on any atom is 0.326 e. The minimum absolute atomic E-state index is 0.0597. The van der Waals surface area contributed by atoms with Crippen molar-refractivity contribution >= 4 is 17.8 Å². The van der Waals surface area contributed by atoms with Gasteiger partial charge in [0.2, 0.25) is 5.91 Å². The Morgan fingerprint density at radius 1 is 1.06 bits per heavy atom. The number of carboxylic acids is 2. The van der Waals surface area contributed by atoms with E-state index in [0.29, 0.717) is 31.6 Å². The van der Waals surface area contributed by atoms with Crippen LogP contribution in [0.3, 0.4) is 0 Å². The van der Waals surface area contributed by atoms with Crippen molar-refractivity contribution in [3.63, 3.8) is 0 Å². The molecule has 0 bridgehead atoms. The highest BCUT2D eigenvalue weighted by atomic mass is 16.5. The molecular weight excluding hydrogens is 430 g/mol. The molecule has 2 unspecified atom stereocenters. The van der Waals surface area contributed by atoms with E-state index in [2.05, 4.69) is 5.32 Å². The molecule has 0 saturated heterocycles. The van der Waals surface area contributed by atoms with Crippen LogP contribution in [0.4, 0.5) is 0 Å².